The molecule has 2 fully saturated rings. The van der Waals surface area contributed by atoms with Gasteiger partial charge in [-0.15, -0.1) is 0 Å². The maximum absolute atomic E-state index is 13.7. The van der Waals surface area contributed by atoms with Gasteiger partial charge in [0.25, 0.3) is 0 Å². The summed E-state index contributed by atoms with van der Waals surface area (Å²) >= 11 is 0. The number of nitrogens with one attached hydrogen (secondary N) is 3. The SMILES string of the molecule is O=C(Nc1ccccc1)NC1CCCC(CN(C(=O)Nc2ccccc2)c2cccc(OCCN3CCOCC3)c2)C1. The summed E-state index contributed by atoms with van der Waals surface area (Å²) in [6, 6.07) is 26.3. The van der Waals surface area contributed by atoms with Gasteiger partial charge in [0.05, 0.1) is 13.2 Å². The van der Waals surface area contributed by atoms with Crippen LogP contribution < -0.4 is 25.6 Å². The van der Waals surface area contributed by atoms with E-state index in [2.05, 4.69) is 20.9 Å². The van der Waals surface area contributed by atoms with Crippen LogP contribution in [0, 0.1) is 5.92 Å². The van der Waals surface area contributed by atoms with Crippen LogP contribution in [0.25, 0.3) is 0 Å². The zero-order valence-corrected chi connectivity index (χ0v) is 24.0. The molecule has 1 saturated heterocycles. The number of amides is 4. The molecule has 9 heteroatoms. The smallest absolute Gasteiger partial charge is 0.326 e. The van der Waals surface area contributed by atoms with Gasteiger partial charge in [0.2, 0.25) is 0 Å². The molecule has 222 valence electrons. The van der Waals surface area contributed by atoms with Gasteiger partial charge < -0.3 is 25.4 Å². The molecular formula is C33H41N5O4. The minimum absolute atomic E-state index is 0.0429. The highest BCUT2D eigenvalue weighted by Gasteiger charge is 2.28. The summed E-state index contributed by atoms with van der Waals surface area (Å²) in [5.41, 5.74) is 2.29. The molecule has 5 rings (SSSR count). The van der Waals surface area contributed by atoms with E-state index in [-0.39, 0.29) is 24.0 Å². The molecule has 2 atom stereocenters. The van der Waals surface area contributed by atoms with Gasteiger partial charge in [0.15, 0.2) is 0 Å². The lowest BCUT2D eigenvalue weighted by atomic mass is 9.85. The molecular weight excluding hydrogens is 530 g/mol. The van der Waals surface area contributed by atoms with Crippen molar-refractivity contribution in [2.24, 2.45) is 5.92 Å². The number of anilines is 3. The van der Waals surface area contributed by atoms with Crippen molar-refractivity contribution in [3.05, 3.63) is 84.9 Å². The second kappa shape index (κ2) is 15.2. The Morgan fingerprint density at radius 1 is 0.881 bits per heavy atom. The number of urea groups is 2. The van der Waals surface area contributed by atoms with Crippen LogP contribution in [-0.2, 0) is 4.74 Å². The number of hydrogen-bond donors (Lipinski definition) is 3. The summed E-state index contributed by atoms with van der Waals surface area (Å²) in [5.74, 6) is 0.965. The van der Waals surface area contributed by atoms with Crippen LogP contribution in [0.1, 0.15) is 25.7 Å². The van der Waals surface area contributed by atoms with E-state index >= 15 is 0 Å². The number of carbonyl (C=O) groups excluding carboxylic acids is 2. The first-order valence-corrected chi connectivity index (χ1v) is 14.9. The molecule has 3 aromatic carbocycles. The van der Waals surface area contributed by atoms with Crippen LogP contribution in [0.3, 0.4) is 0 Å². The van der Waals surface area contributed by atoms with E-state index in [1.165, 1.54) is 0 Å². The molecule has 1 saturated carbocycles. The minimum atomic E-state index is -0.201. The summed E-state index contributed by atoms with van der Waals surface area (Å²) < 4.78 is 11.5. The number of para-hydroxylation sites is 2. The van der Waals surface area contributed by atoms with Crippen LogP contribution in [-0.4, -0.2) is 69.0 Å². The normalized spacial score (nSPS) is 19.0. The van der Waals surface area contributed by atoms with Crippen LogP contribution >= 0.6 is 0 Å². The predicted molar refractivity (Wildman–Crippen MR) is 166 cm³/mol. The molecule has 9 nitrogen and oxygen atoms in total. The molecule has 1 aliphatic carbocycles. The number of benzene rings is 3. The van der Waals surface area contributed by atoms with Gasteiger partial charge in [0.1, 0.15) is 12.4 Å². The summed E-state index contributed by atoms with van der Waals surface area (Å²) in [5, 5.41) is 9.10. The van der Waals surface area contributed by atoms with Crippen molar-refractivity contribution >= 4 is 29.1 Å². The van der Waals surface area contributed by atoms with E-state index in [0.29, 0.717) is 13.2 Å². The van der Waals surface area contributed by atoms with Crippen LogP contribution in [0.15, 0.2) is 84.9 Å². The van der Waals surface area contributed by atoms with E-state index in [9.17, 15) is 9.59 Å². The van der Waals surface area contributed by atoms with E-state index in [1.54, 1.807) is 4.90 Å². The van der Waals surface area contributed by atoms with E-state index < -0.39 is 0 Å². The molecule has 3 N–H and O–H groups in total. The Morgan fingerprint density at radius 3 is 2.33 bits per heavy atom. The van der Waals surface area contributed by atoms with Crippen LogP contribution in [0.5, 0.6) is 5.75 Å². The van der Waals surface area contributed by atoms with E-state index in [4.69, 9.17) is 9.47 Å². The molecule has 1 heterocycles. The first kappa shape index (κ1) is 29.4. The molecule has 0 radical (unpaired) electrons. The predicted octanol–water partition coefficient (Wildman–Crippen LogP) is 5.82. The zero-order chi connectivity index (χ0) is 29.0. The third kappa shape index (κ3) is 8.96. The molecule has 1 aliphatic heterocycles. The molecule has 42 heavy (non-hydrogen) atoms. The largest absolute Gasteiger partial charge is 0.492 e. The zero-order valence-electron chi connectivity index (χ0n) is 24.0. The van der Waals surface area contributed by atoms with Crippen molar-refractivity contribution in [1.82, 2.24) is 10.2 Å². The number of nitrogens with zero attached hydrogens (tertiary/aromatic N) is 2. The average molecular weight is 572 g/mol. The Balaban J connectivity index is 1.23. The number of ether oxygens (including phenoxy) is 2. The highest BCUT2D eigenvalue weighted by molar-refractivity contribution is 6.01. The van der Waals surface area contributed by atoms with Gasteiger partial charge in [-0.1, -0.05) is 48.9 Å². The summed E-state index contributed by atoms with van der Waals surface area (Å²) in [7, 11) is 0. The number of rotatable bonds is 10. The highest BCUT2D eigenvalue weighted by atomic mass is 16.5. The van der Waals surface area contributed by atoms with Crippen LogP contribution in [0.2, 0.25) is 0 Å². The molecule has 0 spiro atoms. The fraction of sp³-hybridized carbons (Fsp3) is 0.394. The fourth-order valence-corrected chi connectivity index (χ4v) is 5.60. The van der Waals surface area contributed by atoms with Gasteiger partial charge in [-0.2, -0.15) is 0 Å². The molecule has 0 aromatic heterocycles. The Bertz CT molecular complexity index is 1270. The maximum atomic E-state index is 13.7. The van der Waals surface area contributed by atoms with Crippen molar-refractivity contribution in [1.29, 1.82) is 0 Å². The molecule has 0 bridgehead atoms. The van der Waals surface area contributed by atoms with Gasteiger partial charge in [-0.3, -0.25) is 9.80 Å². The van der Waals surface area contributed by atoms with E-state index in [0.717, 1.165) is 81.3 Å². The minimum Gasteiger partial charge on any atom is -0.492 e. The lowest BCUT2D eigenvalue weighted by Crippen LogP contribution is -2.44. The van der Waals surface area contributed by atoms with E-state index in [1.807, 2.05) is 84.9 Å². The van der Waals surface area contributed by atoms with Crippen molar-refractivity contribution in [3.8, 4) is 5.75 Å². The fourth-order valence-electron chi connectivity index (χ4n) is 5.60. The average Bonchev–Trinajstić information content (AvgIpc) is 3.02. The van der Waals surface area contributed by atoms with Gasteiger partial charge >= 0.3 is 12.1 Å². The Morgan fingerprint density at radius 2 is 1.60 bits per heavy atom. The standard InChI is InChI=1S/C33H41N5O4/c39-32(34-27-10-3-1-4-11-27)35-29-14-7-9-26(23-29)25-38(33(40)36-28-12-5-2-6-13-28)30-15-8-16-31(24-30)42-22-19-37-17-20-41-21-18-37/h1-6,8,10-13,15-16,24,26,29H,7,9,14,17-23,25H2,(H,36,40)(H2,34,35,39). The highest BCUT2D eigenvalue weighted by Crippen LogP contribution is 2.29. The number of carbonyl (C=O) groups is 2. The molecule has 2 aliphatic rings. The lowest BCUT2D eigenvalue weighted by Gasteiger charge is -2.34. The topological polar surface area (TPSA) is 95.2 Å². The lowest BCUT2D eigenvalue weighted by molar-refractivity contribution is 0.0322. The van der Waals surface area contributed by atoms with Gasteiger partial charge in [-0.05, 0) is 61.6 Å². The van der Waals surface area contributed by atoms with Gasteiger partial charge in [0, 0.05) is 55.3 Å². The molecule has 4 amide bonds. The molecule has 3 aromatic rings. The summed E-state index contributed by atoms with van der Waals surface area (Å²) in [6.45, 7) is 5.30. The first-order chi connectivity index (χ1) is 20.6. The second-order valence-corrected chi connectivity index (χ2v) is 10.9. The van der Waals surface area contributed by atoms with Crippen molar-refractivity contribution in [3.63, 3.8) is 0 Å². The Kier molecular flexibility index (Phi) is 10.7. The maximum Gasteiger partial charge on any atom is 0.326 e. The first-order valence-electron chi connectivity index (χ1n) is 14.9. The second-order valence-electron chi connectivity index (χ2n) is 10.9. The number of morpholine rings is 1. The third-order valence-electron chi connectivity index (χ3n) is 7.77. The summed E-state index contributed by atoms with van der Waals surface area (Å²) in [6.07, 6.45) is 3.69. The Hall–Kier alpha value is -4.08. The van der Waals surface area contributed by atoms with Crippen molar-refractivity contribution < 1.29 is 19.1 Å². The third-order valence-corrected chi connectivity index (χ3v) is 7.77. The van der Waals surface area contributed by atoms with Crippen molar-refractivity contribution in [2.45, 2.75) is 31.7 Å². The monoisotopic (exact) mass is 571 g/mol. The van der Waals surface area contributed by atoms with Crippen LogP contribution in [0.4, 0.5) is 26.7 Å². The van der Waals surface area contributed by atoms with Crippen molar-refractivity contribution in [2.75, 3.05) is 61.5 Å². The van der Waals surface area contributed by atoms with Gasteiger partial charge in [-0.25, -0.2) is 9.59 Å². The quantitative estimate of drug-likeness (QED) is 0.285. The number of hydrogen-bond acceptors (Lipinski definition) is 5. The summed E-state index contributed by atoms with van der Waals surface area (Å²) in [4.78, 5) is 30.4. The molecule has 2 unspecified atom stereocenters. The Labute approximate surface area is 248 Å².